The van der Waals surface area contributed by atoms with Crippen LogP contribution in [-0.4, -0.2) is 28.3 Å². The normalized spacial score (nSPS) is 13.5. The van der Waals surface area contributed by atoms with Gasteiger partial charge < -0.3 is 15.0 Å². The number of fused-ring (bicyclic) bond motifs is 1. The third kappa shape index (κ3) is 3.26. The lowest BCUT2D eigenvalue weighted by Crippen LogP contribution is -2.18. The van der Waals surface area contributed by atoms with Crippen LogP contribution < -0.4 is 10.1 Å². The van der Waals surface area contributed by atoms with Gasteiger partial charge in [-0.15, -0.1) is 0 Å². The first-order chi connectivity index (χ1) is 11.2. The van der Waals surface area contributed by atoms with E-state index < -0.39 is 0 Å². The summed E-state index contributed by atoms with van der Waals surface area (Å²) in [4.78, 5) is 31.6. The lowest BCUT2D eigenvalue weighted by Gasteiger charge is -2.11. The van der Waals surface area contributed by atoms with Crippen molar-refractivity contribution in [3.8, 4) is 5.75 Å². The maximum atomic E-state index is 12.4. The molecule has 1 amide bonds. The fourth-order valence-corrected chi connectivity index (χ4v) is 2.65. The first-order valence-electron chi connectivity index (χ1n) is 7.82. The highest BCUT2D eigenvalue weighted by atomic mass is 16.5. The second-order valence-electron chi connectivity index (χ2n) is 5.51. The summed E-state index contributed by atoms with van der Waals surface area (Å²) >= 11 is 0. The second-order valence-corrected chi connectivity index (χ2v) is 5.51. The van der Waals surface area contributed by atoms with E-state index in [9.17, 15) is 9.59 Å². The van der Waals surface area contributed by atoms with Gasteiger partial charge in [-0.2, -0.15) is 0 Å². The van der Waals surface area contributed by atoms with E-state index in [-0.39, 0.29) is 11.7 Å². The Morgan fingerprint density at radius 2 is 2.26 bits per heavy atom. The largest absolute Gasteiger partial charge is 0.492 e. The predicted molar refractivity (Wildman–Crippen MR) is 86.0 cm³/mol. The van der Waals surface area contributed by atoms with E-state index in [1.54, 1.807) is 24.5 Å². The van der Waals surface area contributed by atoms with Crippen molar-refractivity contribution in [3.05, 3.63) is 41.3 Å². The molecule has 0 atom stereocenters. The Balaban J connectivity index is 1.72. The van der Waals surface area contributed by atoms with Crippen molar-refractivity contribution >= 4 is 17.5 Å². The second kappa shape index (κ2) is 6.64. The number of hydrogen-bond acceptors (Lipinski definition) is 4. The molecule has 2 aromatic rings. The number of aromatic amines is 1. The van der Waals surface area contributed by atoms with E-state index in [4.69, 9.17) is 4.74 Å². The number of ketones is 1. The van der Waals surface area contributed by atoms with Crippen molar-refractivity contribution in [1.82, 2.24) is 9.97 Å². The quantitative estimate of drug-likeness (QED) is 0.889. The number of amides is 1. The molecule has 0 unspecified atom stereocenters. The smallest absolute Gasteiger partial charge is 0.259 e. The Kier molecular flexibility index (Phi) is 4.41. The maximum Gasteiger partial charge on any atom is 0.259 e. The number of H-pyrrole nitrogens is 1. The molecule has 0 radical (unpaired) electrons. The molecule has 0 fully saturated rings. The van der Waals surface area contributed by atoms with Crippen molar-refractivity contribution in [3.63, 3.8) is 0 Å². The number of ether oxygens (including phenoxy) is 1. The maximum absolute atomic E-state index is 12.4. The van der Waals surface area contributed by atoms with Crippen LogP contribution >= 0.6 is 0 Å². The Hall–Kier alpha value is -2.63. The van der Waals surface area contributed by atoms with Crippen molar-refractivity contribution in [1.29, 1.82) is 0 Å². The third-order valence-corrected chi connectivity index (χ3v) is 3.77. The molecule has 0 saturated carbocycles. The number of aromatic nitrogens is 2. The summed E-state index contributed by atoms with van der Waals surface area (Å²) in [5.74, 6) is 0.789. The average molecular weight is 313 g/mol. The molecule has 2 N–H and O–H groups in total. The van der Waals surface area contributed by atoms with Crippen molar-refractivity contribution < 1.29 is 14.3 Å². The molecule has 23 heavy (non-hydrogen) atoms. The molecule has 1 aliphatic rings. The van der Waals surface area contributed by atoms with Gasteiger partial charge in [-0.25, -0.2) is 4.98 Å². The fraction of sp³-hybridized carbons (Fsp3) is 0.353. The van der Waals surface area contributed by atoms with Gasteiger partial charge in [0.1, 0.15) is 11.6 Å². The molecule has 0 aliphatic heterocycles. The van der Waals surface area contributed by atoms with E-state index in [2.05, 4.69) is 15.3 Å². The van der Waals surface area contributed by atoms with E-state index in [0.29, 0.717) is 35.7 Å². The Morgan fingerprint density at radius 1 is 1.39 bits per heavy atom. The molecule has 0 saturated heterocycles. The minimum absolute atomic E-state index is 0.0222. The van der Waals surface area contributed by atoms with Crippen LogP contribution in [-0.2, 0) is 6.42 Å². The van der Waals surface area contributed by atoms with Gasteiger partial charge in [0.25, 0.3) is 5.91 Å². The van der Waals surface area contributed by atoms with Gasteiger partial charge in [0.15, 0.2) is 5.78 Å². The monoisotopic (exact) mass is 313 g/mol. The van der Waals surface area contributed by atoms with Crippen molar-refractivity contribution in [2.45, 2.75) is 32.6 Å². The number of nitrogens with zero attached hydrogens (tertiary/aromatic N) is 1. The van der Waals surface area contributed by atoms with Crippen LogP contribution in [0.1, 0.15) is 52.6 Å². The van der Waals surface area contributed by atoms with Crippen LogP contribution in [0, 0.1) is 0 Å². The number of carbonyl (C=O) groups is 2. The Labute approximate surface area is 134 Å². The number of carbonyl (C=O) groups excluding carboxylic acids is 2. The molecule has 0 aromatic carbocycles. The highest BCUT2D eigenvalue weighted by Gasteiger charge is 2.25. The number of rotatable bonds is 5. The summed E-state index contributed by atoms with van der Waals surface area (Å²) in [6.07, 6.45) is 6.22. The third-order valence-electron chi connectivity index (χ3n) is 3.77. The lowest BCUT2D eigenvalue weighted by atomic mass is 9.93. The predicted octanol–water partition coefficient (Wildman–Crippen LogP) is 2.97. The van der Waals surface area contributed by atoms with Gasteiger partial charge >= 0.3 is 0 Å². The topological polar surface area (TPSA) is 84.1 Å². The molecule has 120 valence electrons. The van der Waals surface area contributed by atoms with Gasteiger partial charge in [-0.1, -0.05) is 6.92 Å². The summed E-state index contributed by atoms with van der Waals surface area (Å²) in [7, 11) is 0. The highest BCUT2D eigenvalue weighted by molar-refractivity contribution is 6.13. The first-order valence-corrected chi connectivity index (χ1v) is 7.82. The molecule has 6 heteroatoms. The van der Waals surface area contributed by atoms with E-state index in [0.717, 1.165) is 25.0 Å². The SMILES string of the molecule is CCCOc1ccc(NC(=O)c2c[nH]c3c2C(=O)CCC3)nc1. The van der Waals surface area contributed by atoms with Gasteiger partial charge in [0.05, 0.1) is 23.9 Å². The van der Waals surface area contributed by atoms with Gasteiger partial charge in [0.2, 0.25) is 0 Å². The molecular weight excluding hydrogens is 294 g/mol. The first kappa shape index (κ1) is 15.3. The molecule has 2 heterocycles. The summed E-state index contributed by atoms with van der Waals surface area (Å²) in [5, 5.41) is 2.72. The Morgan fingerprint density at radius 3 is 3.00 bits per heavy atom. The summed E-state index contributed by atoms with van der Waals surface area (Å²) in [5.41, 5.74) is 1.76. The van der Waals surface area contributed by atoms with Crippen LogP contribution in [0.15, 0.2) is 24.5 Å². The molecule has 1 aliphatic carbocycles. The minimum atomic E-state index is -0.326. The highest BCUT2D eigenvalue weighted by Crippen LogP contribution is 2.24. The zero-order chi connectivity index (χ0) is 16.2. The summed E-state index contributed by atoms with van der Waals surface area (Å²) in [6, 6.07) is 3.44. The molecule has 0 bridgehead atoms. The van der Waals surface area contributed by atoms with E-state index >= 15 is 0 Å². The fourth-order valence-electron chi connectivity index (χ4n) is 2.65. The van der Waals surface area contributed by atoms with Crippen LogP contribution in [0.2, 0.25) is 0 Å². The number of pyridine rings is 1. The molecule has 2 aromatic heterocycles. The zero-order valence-electron chi connectivity index (χ0n) is 13.0. The zero-order valence-corrected chi connectivity index (χ0v) is 13.0. The van der Waals surface area contributed by atoms with Crippen LogP contribution in [0.5, 0.6) is 5.75 Å². The number of anilines is 1. The average Bonchev–Trinajstić information content (AvgIpc) is 3.00. The standard InChI is InChI=1S/C17H19N3O3/c1-2-8-23-11-6-7-15(19-9-11)20-17(22)12-10-18-13-4-3-5-14(21)16(12)13/h6-7,9-10,18H,2-5,8H2,1H3,(H,19,20,22). The molecule has 0 spiro atoms. The molecule has 3 rings (SSSR count). The number of Topliss-reactive ketones (excluding diaryl/α,β-unsaturated/α-hetero) is 1. The lowest BCUT2D eigenvalue weighted by molar-refractivity contribution is 0.0956. The van der Waals surface area contributed by atoms with Crippen LogP contribution in [0.3, 0.4) is 0 Å². The van der Waals surface area contributed by atoms with E-state index in [1.807, 2.05) is 6.92 Å². The van der Waals surface area contributed by atoms with Gasteiger partial charge in [-0.3, -0.25) is 9.59 Å². The van der Waals surface area contributed by atoms with Gasteiger partial charge in [-0.05, 0) is 31.4 Å². The number of aryl methyl sites for hydroxylation is 1. The van der Waals surface area contributed by atoms with Crippen molar-refractivity contribution in [2.24, 2.45) is 0 Å². The summed E-state index contributed by atoms with van der Waals surface area (Å²) in [6.45, 7) is 2.66. The van der Waals surface area contributed by atoms with Crippen molar-refractivity contribution in [2.75, 3.05) is 11.9 Å². The molecular formula is C17H19N3O3. The van der Waals surface area contributed by atoms with Gasteiger partial charge in [0, 0.05) is 18.3 Å². The number of hydrogen-bond donors (Lipinski definition) is 2. The van der Waals surface area contributed by atoms with Crippen LogP contribution in [0.4, 0.5) is 5.82 Å². The number of nitrogens with one attached hydrogen (secondary N) is 2. The van der Waals surface area contributed by atoms with Crippen LogP contribution in [0.25, 0.3) is 0 Å². The summed E-state index contributed by atoms with van der Waals surface area (Å²) < 4.78 is 5.45. The Bertz CT molecular complexity index is 719. The van der Waals surface area contributed by atoms with E-state index in [1.165, 1.54) is 0 Å². The minimum Gasteiger partial charge on any atom is -0.492 e. The molecule has 6 nitrogen and oxygen atoms in total.